The smallest absolute Gasteiger partial charge is 0.254 e. The molecule has 0 aliphatic carbocycles. The molecule has 2 heterocycles. The number of hydrogen-bond acceptors (Lipinski definition) is 5. The van der Waals surface area contributed by atoms with Crippen molar-refractivity contribution in [1.29, 1.82) is 0 Å². The van der Waals surface area contributed by atoms with Crippen LogP contribution in [0.5, 0.6) is 0 Å². The average molecular weight is 434 g/mol. The molecule has 3 aromatic rings. The van der Waals surface area contributed by atoms with E-state index in [4.69, 9.17) is 4.74 Å². The van der Waals surface area contributed by atoms with Crippen LogP contribution < -0.4 is 15.8 Å². The van der Waals surface area contributed by atoms with E-state index in [-0.39, 0.29) is 29.5 Å². The van der Waals surface area contributed by atoms with Crippen molar-refractivity contribution in [2.45, 2.75) is 0 Å². The average Bonchev–Trinajstić information content (AvgIpc) is 2.82. The SMILES string of the molecule is CN(CC(=O)Nc1ccc(N2CCOCC2)cc1)C(=O)c1cc(=O)n(C)c2ccccc12. The summed E-state index contributed by atoms with van der Waals surface area (Å²) in [5.41, 5.74) is 2.42. The second-order valence-corrected chi connectivity index (χ2v) is 7.83. The Morgan fingerprint density at radius 2 is 1.75 bits per heavy atom. The minimum Gasteiger partial charge on any atom is -0.378 e. The number of aromatic nitrogens is 1. The molecule has 0 radical (unpaired) electrons. The summed E-state index contributed by atoms with van der Waals surface area (Å²) in [6, 6.07) is 16.2. The van der Waals surface area contributed by atoms with Crippen LogP contribution in [-0.4, -0.2) is 61.2 Å². The number of pyridine rings is 1. The molecular weight excluding hydrogens is 408 g/mol. The van der Waals surface area contributed by atoms with Crippen LogP contribution in [0, 0.1) is 0 Å². The first-order chi connectivity index (χ1) is 15.4. The lowest BCUT2D eigenvalue weighted by Crippen LogP contribution is -2.36. The largest absolute Gasteiger partial charge is 0.378 e. The highest BCUT2D eigenvalue weighted by atomic mass is 16.5. The molecule has 2 amide bonds. The molecule has 0 spiro atoms. The number of morpholine rings is 1. The van der Waals surface area contributed by atoms with Crippen LogP contribution in [-0.2, 0) is 16.6 Å². The molecule has 2 aromatic carbocycles. The monoisotopic (exact) mass is 434 g/mol. The second kappa shape index (κ2) is 9.23. The van der Waals surface area contributed by atoms with Crippen LogP contribution >= 0.6 is 0 Å². The summed E-state index contributed by atoms with van der Waals surface area (Å²) in [4.78, 5) is 41.4. The molecule has 1 fully saturated rings. The number of benzene rings is 2. The first-order valence-corrected chi connectivity index (χ1v) is 10.5. The van der Waals surface area contributed by atoms with Crippen molar-refractivity contribution in [2.75, 3.05) is 50.1 Å². The van der Waals surface area contributed by atoms with Gasteiger partial charge < -0.3 is 24.4 Å². The van der Waals surface area contributed by atoms with Gasteiger partial charge in [0.1, 0.15) is 0 Å². The number of nitrogens with one attached hydrogen (secondary N) is 1. The van der Waals surface area contributed by atoms with Gasteiger partial charge in [-0.25, -0.2) is 0 Å². The van der Waals surface area contributed by atoms with Gasteiger partial charge in [-0.2, -0.15) is 0 Å². The zero-order valence-corrected chi connectivity index (χ0v) is 18.2. The molecule has 0 bridgehead atoms. The Labute approximate surface area is 186 Å². The van der Waals surface area contributed by atoms with Gasteiger partial charge in [-0.15, -0.1) is 0 Å². The fraction of sp³-hybridized carbons (Fsp3) is 0.292. The van der Waals surface area contributed by atoms with E-state index in [9.17, 15) is 14.4 Å². The van der Waals surface area contributed by atoms with Crippen LogP contribution in [0.2, 0.25) is 0 Å². The van der Waals surface area contributed by atoms with Gasteiger partial charge in [-0.1, -0.05) is 18.2 Å². The predicted octanol–water partition coefficient (Wildman–Crippen LogP) is 2.09. The molecule has 32 heavy (non-hydrogen) atoms. The molecular formula is C24H26N4O4. The molecule has 8 nitrogen and oxygen atoms in total. The Morgan fingerprint density at radius 3 is 2.47 bits per heavy atom. The quantitative estimate of drug-likeness (QED) is 0.665. The number of anilines is 2. The zero-order chi connectivity index (χ0) is 22.7. The van der Waals surface area contributed by atoms with E-state index in [1.807, 2.05) is 36.4 Å². The molecule has 1 N–H and O–H groups in total. The Hall–Kier alpha value is -3.65. The van der Waals surface area contributed by atoms with Crippen molar-refractivity contribution in [2.24, 2.45) is 7.05 Å². The number of likely N-dealkylation sites (N-methyl/N-ethyl adjacent to an activating group) is 1. The third-order valence-electron chi connectivity index (χ3n) is 5.64. The number of rotatable bonds is 5. The summed E-state index contributed by atoms with van der Waals surface area (Å²) in [5.74, 6) is -0.690. The number of amides is 2. The zero-order valence-electron chi connectivity index (χ0n) is 18.2. The van der Waals surface area contributed by atoms with Crippen molar-refractivity contribution in [3.05, 3.63) is 70.5 Å². The Morgan fingerprint density at radius 1 is 1.06 bits per heavy atom. The topological polar surface area (TPSA) is 83.9 Å². The first-order valence-electron chi connectivity index (χ1n) is 10.5. The number of carbonyl (C=O) groups is 2. The highest BCUT2D eigenvalue weighted by molar-refractivity contribution is 6.07. The van der Waals surface area contributed by atoms with E-state index in [2.05, 4.69) is 10.2 Å². The summed E-state index contributed by atoms with van der Waals surface area (Å²) in [5, 5.41) is 3.50. The van der Waals surface area contributed by atoms with Gasteiger partial charge >= 0.3 is 0 Å². The predicted molar refractivity (Wildman–Crippen MR) is 124 cm³/mol. The lowest BCUT2D eigenvalue weighted by molar-refractivity contribution is -0.116. The highest BCUT2D eigenvalue weighted by Crippen LogP contribution is 2.20. The number of nitrogens with zero attached hydrogens (tertiary/aromatic N) is 3. The standard InChI is InChI=1S/C24H26N4O4/c1-26(24(31)20-15-23(30)27(2)21-6-4-3-5-19(20)21)16-22(29)25-17-7-9-18(10-8-17)28-11-13-32-14-12-28/h3-10,15H,11-14,16H2,1-2H3,(H,25,29). The molecule has 1 aliphatic rings. The van der Waals surface area contributed by atoms with Gasteiger partial charge in [0.15, 0.2) is 0 Å². The summed E-state index contributed by atoms with van der Waals surface area (Å²) in [6.07, 6.45) is 0. The van der Waals surface area contributed by atoms with E-state index in [1.165, 1.54) is 15.5 Å². The number of para-hydroxylation sites is 1. The van der Waals surface area contributed by atoms with Gasteiger partial charge in [0.2, 0.25) is 5.91 Å². The second-order valence-electron chi connectivity index (χ2n) is 7.83. The number of carbonyl (C=O) groups excluding carboxylic acids is 2. The maximum Gasteiger partial charge on any atom is 0.254 e. The first kappa shape index (κ1) is 21.6. The van der Waals surface area contributed by atoms with Gasteiger partial charge in [-0.05, 0) is 30.3 Å². The van der Waals surface area contributed by atoms with E-state index in [0.29, 0.717) is 29.8 Å². The molecule has 8 heteroatoms. The van der Waals surface area contributed by atoms with E-state index >= 15 is 0 Å². The maximum atomic E-state index is 13.0. The molecule has 0 atom stereocenters. The molecule has 0 saturated carbocycles. The highest BCUT2D eigenvalue weighted by Gasteiger charge is 2.19. The maximum absolute atomic E-state index is 13.0. The number of ether oxygens (including phenoxy) is 1. The normalized spacial score (nSPS) is 13.8. The Bertz CT molecular complexity index is 1200. The van der Waals surface area contributed by atoms with E-state index in [1.54, 1.807) is 26.2 Å². The molecule has 1 saturated heterocycles. The van der Waals surface area contributed by atoms with E-state index < -0.39 is 0 Å². The van der Waals surface area contributed by atoms with Crippen molar-refractivity contribution in [1.82, 2.24) is 9.47 Å². The van der Waals surface area contributed by atoms with Crippen LogP contribution in [0.1, 0.15) is 10.4 Å². The Kier molecular flexibility index (Phi) is 6.23. The summed E-state index contributed by atoms with van der Waals surface area (Å²) < 4.78 is 6.87. The third kappa shape index (κ3) is 4.50. The van der Waals surface area contributed by atoms with E-state index in [0.717, 1.165) is 18.8 Å². The fourth-order valence-corrected chi connectivity index (χ4v) is 3.86. The molecule has 0 unspecified atom stereocenters. The number of hydrogen-bond donors (Lipinski definition) is 1. The van der Waals surface area contributed by atoms with Gasteiger partial charge in [0.05, 0.1) is 30.8 Å². The van der Waals surface area contributed by atoms with Crippen molar-refractivity contribution in [3.63, 3.8) is 0 Å². The van der Waals surface area contributed by atoms with Crippen molar-refractivity contribution < 1.29 is 14.3 Å². The van der Waals surface area contributed by atoms with Crippen LogP contribution in [0.3, 0.4) is 0 Å². The summed E-state index contributed by atoms with van der Waals surface area (Å²) >= 11 is 0. The third-order valence-corrected chi connectivity index (χ3v) is 5.64. The summed E-state index contributed by atoms with van der Waals surface area (Å²) in [6.45, 7) is 2.97. The van der Waals surface area contributed by atoms with Gasteiger partial charge in [0.25, 0.3) is 11.5 Å². The molecule has 166 valence electrons. The summed E-state index contributed by atoms with van der Waals surface area (Å²) in [7, 11) is 3.22. The lowest BCUT2D eigenvalue weighted by Gasteiger charge is -2.28. The molecule has 4 rings (SSSR count). The van der Waals surface area contributed by atoms with Gasteiger partial charge in [0, 0.05) is 50.0 Å². The van der Waals surface area contributed by atoms with Crippen LogP contribution in [0.4, 0.5) is 11.4 Å². The van der Waals surface area contributed by atoms with Gasteiger partial charge in [-0.3, -0.25) is 14.4 Å². The van der Waals surface area contributed by atoms with Crippen molar-refractivity contribution in [3.8, 4) is 0 Å². The van der Waals surface area contributed by atoms with Crippen molar-refractivity contribution >= 4 is 34.1 Å². The number of aryl methyl sites for hydroxylation is 1. The number of fused-ring (bicyclic) bond motifs is 1. The van der Waals surface area contributed by atoms with Crippen LogP contribution in [0.15, 0.2) is 59.4 Å². The minimum atomic E-state index is -0.378. The van der Waals surface area contributed by atoms with Crippen LogP contribution in [0.25, 0.3) is 10.9 Å². The lowest BCUT2D eigenvalue weighted by atomic mass is 10.1. The fourth-order valence-electron chi connectivity index (χ4n) is 3.86. The Balaban J connectivity index is 1.43. The minimum absolute atomic E-state index is 0.131. The molecule has 1 aromatic heterocycles. The molecule has 1 aliphatic heterocycles.